The lowest BCUT2D eigenvalue weighted by Crippen LogP contribution is -2.14. The Labute approximate surface area is 78.8 Å². The molecule has 0 N–H and O–H groups in total. The van der Waals surface area contributed by atoms with Crippen molar-refractivity contribution in [1.29, 1.82) is 5.26 Å². The van der Waals surface area contributed by atoms with Crippen molar-refractivity contribution in [2.24, 2.45) is 0 Å². The smallest absolute Gasteiger partial charge is 0.123 e. The summed E-state index contributed by atoms with van der Waals surface area (Å²) < 4.78 is 5.18. The fourth-order valence-electron chi connectivity index (χ4n) is 1.22. The van der Waals surface area contributed by atoms with Crippen molar-refractivity contribution in [2.45, 2.75) is 19.3 Å². The molecule has 0 fully saturated rings. The average molecular weight is 175 g/mol. The van der Waals surface area contributed by atoms with Gasteiger partial charge in [-0.3, -0.25) is 0 Å². The Kier molecular flexibility index (Phi) is 2.57. The Balaban J connectivity index is 3.22. The molecule has 13 heavy (non-hydrogen) atoms. The van der Waals surface area contributed by atoms with Gasteiger partial charge in [-0.1, -0.05) is 18.2 Å². The summed E-state index contributed by atoms with van der Waals surface area (Å²) in [6.45, 7) is 3.76. The Morgan fingerprint density at radius 1 is 1.31 bits per heavy atom. The molecule has 0 atom stereocenters. The summed E-state index contributed by atoms with van der Waals surface area (Å²) in [5.41, 5.74) is 0.437. The molecule has 0 heterocycles. The minimum absolute atomic E-state index is 0.493. The molecular formula is C11H13NO. The van der Waals surface area contributed by atoms with Crippen LogP contribution in [0.4, 0.5) is 0 Å². The monoisotopic (exact) mass is 175 g/mol. The van der Waals surface area contributed by atoms with Gasteiger partial charge in [0.1, 0.15) is 5.75 Å². The molecule has 1 aromatic rings. The Morgan fingerprint density at radius 2 is 1.92 bits per heavy atom. The maximum absolute atomic E-state index is 8.96. The van der Waals surface area contributed by atoms with Gasteiger partial charge in [0.15, 0.2) is 0 Å². The normalized spacial score (nSPS) is 10.6. The number of nitriles is 1. The van der Waals surface area contributed by atoms with Gasteiger partial charge in [-0.15, -0.1) is 0 Å². The van der Waals surface area contributed by atoms with Crippen molar-refractivity contribution in [2.75, 3.05) is 7.11 Å². The lowest BCUT2D eigenvalue weighted by Gasteiger charge is -2.18. The van der Waals surface area contributed by atoms with E-state index in [9.17, 15) is 0 Å². The van der Waals surface area contributed by atoms with Crippen LogP contribution < -0.4 is 4.74 Å². The third-order valence-corrected chi connectivity index (χ3v) is 2.06. The zero-order chi connectivity index (χ0) is 9.90. The van der Waals surface area contributed by atoms with Gasteiger partial charge in [-0.2, -0.15) is 5.26 Å². The first-order valence-corrected chi connectivity index (χ1v) is 4.16. The fraction of sp³-hybridized carbons (Fsp3) is 0.364. The molecule has 0 aliphatic rings. The first kappa shape index (κ1) is 9.60. The van der Waals surface area contributed by atoms with Crippen LogP contribution in [0.3, 0.4) is 0 Å². The molecule has 0 radical (unpaired) electrons. The largest absolute Gasteiger partial charge is 0.496 e. The summed E-state index contributed by atoms with van der Waals surface area (Å²) in [5, 5.41) is 8.96. The highest BCUT2D eigenvalue weighted by atomic mass is 16.5. The van der Waals surface area contributed by atoms with Gasteiger partial charge in [0, 0.05) is 5.56 Å². The van der Waals surface area contributed by atoms with Crippen LogP contribution >= 0.6 is 0 Å². The SMILES string of the molecule is COc1ccccc1C(C)(C)C#N. The average Bonchev–Trinajstić information content (AvgIpc) is 2.18. The van der Waals surface area contributed by atoms with Crippen molar-refractivity contribution in [3.63, 3.8) is 0 Å². The van der Waals surface area contributed by atoms with Gasteiger partial charge in [0.2, 0.25) is 0 Å². The molecule has 2 heteroatoms. The van der Waals surface area contributed by atoms with E-state index in [1.807, 2.05) is 38.1 Å². The maximum atomic E-state index is 8.96. The predicted octanol–water partition coefficient (Wildman–Crippen LogP) is 2.50. The zero-order valence-electron chi connectivity index (χ0n) is 8.16. The number of para-hydroxylation sites is 1. The summed E-state index contributed by atoms with van der Waals surface area (Å²) >= 11 is 0. The van der Waals surface area contributed by atoms with Gasteiger partial charge in [-0.05, 0) is 19.9 Å². The molecule has 68 valence electrons. The summed E-state index contributed by atoms with van der Waals surface area (Å²) in [6.07, 6.45) is 0. The fourth-order valence-corrected chi connectivity index (χ4v) is 1.22. The first-order chi connectivity index (χ1) is 6.11. The lowest BCUT2D eigenvalue weighted by molar-refractivity contribution is 0.403. The molecule has 0 saturated heterocycles. The van der Waals surface area contributed by atoms with E-state index in [-0.39, 0.29) is 0 Å². The highest BCUT2D eigenvalue weighted by Crippen LogP contribution is 2.30. The molecule has 0 bridgehead atoms. The topological polar surface area (TPSA) is 33.0 Å². The molecule has 0 aromatic heterocycles. The Hall–Kier alpha value is -1.49. The van der Waals surface area contributed by atoms with Gasteiger partial charge in [-0.25, -0.2) is 0 Å². The standard InChI is InChI=1S/C11H13NO/c1-11(2,8-12)9-6-4-5-7-10(9)13-3/h4-7H,1-3H3. The van der Waals surface area contributed by atoms with Crippen LogP contribution in [0.5, 0.6) is 5.75 Å². The van der Waals surface area contributed by atoms with Gasteiger partial charge < -0.3 is 4.74 Å². The lowest BCUT2D eigenvalue weighted by atomic mass is 9.86. The molecule has 1 rings (SSSR count). The van der Waals surface area contributed by atoms with Crippen molar-refractivity contribution in [3.05, 3.63) is 29.8 Å². The maximum Gasteiger partial charge on any atom is 0.123 e. The van der Waals surface area contributed by atoms with Gasteiger partial charge in [0.25, 0.3) is 0 Å². The molecule has 0 saturated carbocycles. The molecule has 0 aliphatic carbocycles. The highest BCUT2D eigenvalue weighted by molar-refractivity contribution is 5.42. The number of hydrogen-bond donors (Lipinski definition) is 0. The van der Waals surface area contributed by atoms with E-state index >= 15 is 0 Å². The molecule has 0 amide bonds. The van der Waals surface area contributed by atoms with E-state index in [4.69, 9.17) is 10.00 Å². The number of nitrogens with zero attached hydrogens (tertiary/aromatic N) is 1. The van der Waals surface area contributed by atoms with E-state index < -0.39 is 5.41 Å². The van der Waals surface area contributed by atoms with E-state index in [1.54, 1.807) is 7.11 Å². The minimum Gasteiger partial charge on any atom is -0.496 e. The number of methoxy groups -OCH3 is 1. The van der Waals surface area contributed by atoms with E-state index in [2.05, 4.69) is 6.07 Å². The number of rotatable bonds is 2. The second-order valence-electron chi connectivity index (χ2n) is 3.44. The Morgan fingerprint density at radius 3 is 2.46 bits per heavy atom. The predicted molar refractivity (Wildman–Crippen MR) is 51.6 cm³/mol. The summed E-state index contributed by atoms with van der Waals surface area (Å²) in [4.78, 5) is 0. The third-order valence-electron chi connectivity index (χ3n) is 2.06. The number of benzene rings is 1. The minimum atomic E-state index is -0.493. The quantitative estimate of drug-likeness (QED) is 0.691. The molecule has 0 aliphatic heterocycles. The van der Waals surface area contributed by atoms with E-state index in [0.717, 1.165) is 11.3 Å². The van der Waals surface area contributed by atoms with Crippen LogP contribution in [0.2, 0.25) is 0 Å². The van der Waals surface area contributed by atoms with Crippen molar-refractivity contribution in [1.82, 2.24) is 0 Å². The zero-order valence-corrected chi connectivity index (χ0v) is 8.16. The number of hydrogen-bond acceptors (Lipinski definition) is 2. The molecule has 0 unspecified atom stereocenters. The van der Waals surface area contributed by atoms with Crippen molar-refractivity contribution >= 4 is 0 Å². The first-order valence-electron chi connectivity index (χ1n) is 4.16. The number of ether oxygens (including phenoxy) is 1. The molecule has 2 nitrogen and oxygen atoms in total. The van der Waals surface area contributed by atoms with Crippen LogP contribution in [0, 0.1) is 11.3 Å². The van der Waals surface area contributed by atoms with Gasteiger partial charge >= 0.3 is 0 Å². The van der Waals surface area contributed by atoms with Crippen LogP contribution in [0.1, 0.15) is 19.4 Å². The second-order valence-corrected chi connectivity index (χ2v) is 3.44. The van der Waals surface area contributed by atoms with Gasteiger partial charge in [0.05, 0.1) is 18.6 Å². The van der Waals surface area contributed by atoms with E-state index in [1.165, 1.54) is 0 Å². The molecule has 0 spiro atoms. The molecular weight excluding hydrogens is 162 g/mol. The summed E-state index contributed by atoms with van der Waals surface area (Å²) in [5.74, 6) is 0.772. The van der Waals surface area contributed by atoms with E-state index in [0.29, 0.717) is 0 Å². The van der Waals surface area contributed by atoms with Crippen LogP contribution in [-0.4, -0.2) is 7.11 Å². The third kappa shape index (κ3) is 1.81. The van der Waals surface area contributed by atoms with Crippen molar-refractivity contribution in [3.8, 4) is 11.8 Å². The highest BCUT2D eigenvalue weighted by Gasteiger charge is 2.23. The molecule has 1 aromatic carbocycles. The summed E-state index contributed by atoms with van der Waals surface area (Å²) in [7, 11) is 1.62. The van der Waals surface area contributed by atoms with Crippen molar-refractivity contribution < 1.29 is 4.74 Å². The Bertz CT molecular complexity index is 336. The second kappa shape index (κ2) is 3.49. The van der Waals surface area contributed by atoms with Crippen LogP contribution in [0.15, 0.2) is 24.3 Å². The van der Waals surface area contributed by atoms with Crippen LogP contribution in [0.25, 0.3) is 0 Å². The van der Waals surface area contributed by atoms with Crippen LogP contribution in [-0.2, 0) is 5.41 Å². The summed E-state index contributed by atoms with van der Waals surface area (Å²) in [6, 6.07) is 9.85.